The summed E-state index contributed by atoms with van der Waals surface area (Å²) in [4.78, 5) is 22.8. The molecule has 3 aliphatic carbocycles. The van der Waals surface area contributed by atoms with Crippen LogP contribution in [0.4, 0.5) is 0 Å². The van der Waals surface area contributed by atoms with E-state index in [1.807, 2.05) is 13.0 Å². The zero-order chi connectivity index (χ0) is 11.4. The van der Waals surface area contributed by atoms with Gasteiger partial charge >= 0.3 is 5.97 Å². The first kappa shape index (κ1) is 10.4. The molecule has 3 aliphatic rings. The van der Waals surface area contributed by atoms with Crippen molar-refractivity contribution in [2.24, 2.45) is 17.3 Å². The van der Waals surface area contributed by atoms with E-state index in [-0.39, 0.29) is 35.1 Å². The Morgan fingerprint density at radius 2 is 2.07 bits per heavy atom. The predicted molar refractivity (Wildman–Crippen MR) is 55.1 cm³/mol. The van der Waals surface area contributed by atoms with Crippen molar-refractivity contribution in [3.05, 3.63) is 11.6 Å². The molecule has 1 fully saturated rings. The lowest BCUT2D eigenvalue weighted by atomic mass is 9.47. The predicted octanol–water partition coefficient (Wildman–Crippen LogP) is 1.72. The molecule has 3 heteroatoms. The van der Waals surface area contributed by atoms with Crippen LogP contribution < -0.4 is 0 Å². The molecule has 3 unspecified atom stereocenters. The van der Waals surface area contributed by atoms with E-state index < -0.39 is 0 Å². The lowest BCUT2D eigenvalue weighted by Crippen LogP contribution is -2.62. The zero-order valence-corrected chi connectivity index (χ0v) is 9.53. The van der Waals surface area contributed by atoms with E-state index >= 15 is 0 Å². The Hall–Kier alpha value is -1.12. The Morgan fingerprint density at radius 1 is 1.47 bits per heavy atom. The van der Waals surface area contributed by atoms with Gasteiger partial charge < -0.3 is 4.74 Å². The number of carbonyl (C=O) groups is 2. The Balaban J connectivity index is 2.32. The number of fused-ring (bicyclic) bond motifs is 1. The average Bonchev–Trinajstić information content (AvgIpc) is 1.98. The maximum atomic E-state index is 11.8. The second kappa shape index (κ2) is 2.94. The highest BCUT2D eigenvalue weighted by molar-refractivity contribution is 5.96. The Labute approximate surface area is 89.5 Å². The number of esters is 1. The molecule has 0 saturated heterocycles. The van der Waals surface area contributed by atoms with Crippen molar-refractivity contribution in [3.63, 3.8) is 0 Å². The molecule has 0 amide bonds. The topological polar surface area (TPSA) is 43.4 Å². The monoisotopic (exact) mass is 208 g/mol. The Morgan fingerprint density at radius 3 is 2.47 bits per heavy atom. The average molecular weight is 208 g/mol. The molecule has 2 bridgehead atoms. The van der Waals surface area contributed by atoms with E-state index in [0.29, 0.717) is 0 Å². The third kappa shape index (κ3) is 1.25. The zero-order valence-electron chi connectivity index (χ0n) is 9.53. The van der Waals surface area contributed by atoms with E-state index in [9.17, 15) is 9.59 Å². The fourth-order valence-electron chi connectivity index (χ4n) is 3.14. The van der Waals surface area contributed by atoms with E-state index in [4.69, 9.17) is 4.74 Å². The van der Waals surface area contributed by atoms with Crippen molar-refractivity contribution in [1.29, 1.82) is 0 Å². The summed E-state index contributed by atoms with van der Waals surface area (Å²) in [6.45, 7) is 7.45. The van der Waals surface area contributed by atoms with Gasteiger partial charge in [-0.25, -0.2) is 0 Å². The molecule has 0 aromatic rings. The van der Waals surface area contributed by atoms with Crippen LogP contribution in [0.15, 0.2) is 11.6 Å². The molecule has 0 aromatic carbocycles. The van der Waals surface area contributed by atoms with Gasteiger partial charge in [0, 0.05) is 12.8 Å². The molecule has 0 aromatic heterocycles. The quantitative estimate of drug-likeness (QED) is 0.487. The van der Waals surface area contributed by atoms with Gasteiger partial charge in [-0.05, 0) is 18.4 Å². The smallest absolute Gasteiger partial charge is 0.303 e. The van der Waals surface area contributed by atoms with Gasteiger partial charge in [-0.3, -0.25) is 9.59 Å². The first-order valence-corrected chi connectivity index (χ1v) is 5.25. The second-order valence-corrected chi connectivity index (χ2v) is 5.12. The molecular formula is C12H16O3. The van der Waals surface area contributed by atoms with Gasteiger partial charge in [-0.1, -0.05) is 19.4 Å². The van der Waals surface area contributed by atoms with Crippen LogP contribution in [0.1, 0.15) is 27.7 Å². The summed E-state index contributed by atoms with van der Waals surface area (Å²) in [6.07, 6.45) is 1.57. The molecule has 3 atom stereocenters. The lowest BCUT2D eigenvalue weighted by molar-refractivity contribution is -0.169. The molecule has 0 N–H and O–H groups in total. The summed E-state index contributed by atoms with van der Waals surface area (Å²) in [5.74, 6) is -0.200. The Bertz CT molecular complexity index is 365. The van der Waals surface area contributed by atoms with Gasteiger partial charge in [0.15, 0.2) is 0 Å². The van der Waals surface area contributed by atoms with E-state index in [2.05, 4.69) is 13.8 Å². The molecule has 15 heavy (non-hydrogen) atoms. The minimum Gasteiger partial charge on any atom is -0.458 e. The van der Waals surface area contributed by atoms with Crippen LogP contribution in [0.2, 0.25) is 0 Å². The van der Waals surface area contributed by atoms with E-state index in [1.54, 1.807) is 0 Å². The highest BCUT2D eigenvalue weighted by atomic mass is 16.5. The molecule has 0 aliphatic heterocycles. The number of ether oxygens (including phenoxy) is 1. The number of hydrogen-bond acceptors (Lipinski definition) is 3. The molecule has 0 heterocycles. The number of hydrogen-bond donors (Lipinski definition) is 0. The fraction of sp³-hybridized carbons (Fsp3) is 0.667. The number of allylic oxidation sites excluding steroid dienone is 1. The van der Waals surface area contributed by atoms with Crippen LogP contribution in [0.3, 0.4) is 0 Å². The van der Waals surface area contributed by atoms with Gasteiger partial charge in [0.1, 0.15) is 11.9 Å². The van der Waals surface area contributed by atoms with Crippen molar-refractivity contribution < 1.29 is 14.3 Å². The van der Waals surface area contributed by atoms with E-state index in [1.165, 1.54) is 6.92 Å². The minimum absolute atomic E-state index is 0.0364. The molecule has 82 valence electrons. The number of ketones is 1. The SMILES string of the molecule is CC(=O)OC1C=C(C)C2C(=O)C1C2(C)C. The summed E-state index contributed by atoms with van der Waals surface area (Å²) < 4.78 is 5.18. The van der Waals surface area contributed by atoms with Crippen molar-refractivity contribution in [2.45, 2.75) is 33.8 Å². The second-order valence-electron chi connectivity index (χ2n) is 5.12. The van der Waals surface area contributed by atoms with Gasteiger partial charge in [0.25, 0.3) is 0 Å². The third-order valence-corrected chi connectivity index (χ3v) is 3.65. The summed E-state index contributed by atoms with van der Waals surface area (Å²) in [5.41, 5.74) is 0.981. The highest BCUT2D eigenvalue weighted by Crippen LogP contribution is 2.57. The van der Waals surface area contributed by atoms with Gasteiger partial charge in [0.05, 0.1) is 5.92 Å². The first-order chi connectivity index (χ1) is 6.85. The molecule has 0 radical (unpaired) electrons. The number of Topliss-reactive ketones (excluding diaryl/α,β-unsaturated/α-hetero) is 1. The van der Waals surface area contributed by atoms with Crippen molar-refractivity contribution in [2.75, 3.05) is 0 Å². The Kier molecular flexibility index (Phi) is 2.04. The van der Waals surface area contributed by atoms with Crippen LogP contribution in [0.25, 0.3) is 0 Å². The van der Waals surface area contributed by atoms with Gasteiger partial charge in [0.2, 0.25) is 0 Å². The summed E-state index contributed by atoms with van der Waals surface area (Å²) in [6, 6.07) is 0. The molecule has 1 saturated carbocycles. The maximum absolute atomic E-state index is 11.8. The van der Waals surface area contributed by atoms with Crippen LogP contribution in [0.5, 0.6) is 0 Å². The first-order valence-electron chi connectivity index (χ1n) is 5.25. The highest BCUT2D eigenvalue weighted by Gasteiger charge is 2.62. The summed E-state index contributed by atoms with van der Waals surface area (Å²) >= 11 is 0. The van der Waals surface area contributed by atoms with Crippen LogP contribution in [-0.2, 0) is 14.3 Å². The van der Waals surface area contributed by atoms with E-state index in [0.717, 1.165) is 5.57 Å². The van der Waals surface area contributed by atoms with Crippen molar-refractivity contribution >= 4 is 11.8 Å². The van der Waals surface area contributed by atoms with Crippen molar-refractivity contribution in [3.8, 4) is 0 Å². The third-order valence-electron chi connectivity index (χ3n) is 3.65. The largest absolute Gasteiger partial charge is 0.458 e. The minimum atomic E-state index is -0.352. The van der Waals surface area contributed by atoms with Gasteiger partial charge in [-0.15, -0.1) is 0 Å². The summed E-state index contributed by atoms with van der Waals surface area (Å²) in [5, 5.41) is 0. The lowest BCUT2D eigenvalue weighted by Gasteiger charge is -2.56. The molecule has 3 rings (SSSR count). The molecule has 0 spiro atoms. The standard InChI is InChI=1S/C12H16O3/c1-6-5-8(15-7(2)13)10-11(14)9(6)12(10,3)4/h5,8-10H,1-4H3. The number of rotatable bonds is 1. The number of carbonyl (C=O) groups excluding carboxylic acids is 2. The summed E-state index contributed by atoms with van der Waals surface area (Å²) in [7, 11) is 0. The maximum Gasteiger partial charge on any atom is 0.303 e. The van der Waals surface area contributed by atoms with Crippen LogP contribution in [-0.4, -0.2) is 17.9 Å². The van der Waals surface area contributed by atoms with Crippen LogP contribution >= 0.6 is 0 Å². The van der Waals surface area contributed by atoms with Crippen molar-refractivity contribution in [1.82, 2.24) is 0 Å². The molecule has 3 nitrogen and oxygen atoms in total. The van der Waals surface area contributed by atoms with Crippen LogP contribution in [0, 0.1) is 17.3 Å². The fourth-order valence-corrected chi connectivity index (χ4v) is 3.14. The normalized spacial score (nSPS) is 36.7. The van der Waals surface area contributed by atoms with Gasteiger partial charge in [-0.2, -0.15) is 0 Å². The molecular weight excluding hydrogens is 192 g/mol.